The standard InChI is InChI=1S/C30H34N4O2/c1-5-26-32-27-20(2)17-21(3)31-29(27)34(26)19-23-13-15-25(16-14-23)33(18-22-11-12-22)28(30(35)36-4)24-9-7-6-8-10-24/h6-10,13-17,22,28H,5,11-12,18-19H2,1-4H3. The van der Waals surface area contributed by atoms with Crippen molar-refractivity contribution in [1.82, 2.24) is 14.5 Å². The van der Waals surface area contributed by atoms with Gasteiger partial charge in [-0.2, -0.15) is 0 Å². The van der Waals surface area contributed by atoms with Gasteiger partial charge in [0.2, 0.25) is 0 Å². The number of anilines is 1. The molecule has 1 aliphatic carbocycles. The SMILES string of the molecule is CCc1nc2c(C)cc(C)nc2n1Cc1ccc(N(CC2CC2)C(C(=O)OC)c2ccccc2)cc1. The lowest BCUT2D eigenvalue weighted by Crippen LogP contribution is -2.36. The van der Waals surface area contributed by atoms with Crippen LogP contribution in [0.4, 0.5) is 5.69 Å². The van der Waals surface area contributed by atoms with E-state index in [0.29, 0.717) is 12.5 Å². The zero-order chi connectivity index (χ0) is 25.2. The first-order valence-electron chi connectivity index (χ1n) is 12.8. The molecule has 1 fully saturated rings. The number of benzene rings is 2. The van der Waals surface area contributed by atoms with Crippen LogP contribution in [0.5, 0.6) is 0 Å². The number of hydrogen-bond donors (Lipinski definition) is 0. The van der Waals surface area contributed by atoms with Crippen molar-refractivity contribution in [3.05, 3.63) is 88.9 Å². The number of pyridine rings is 1. The largest absolute Gasteiger partial charge is 0.467 e. The van der Waals surface area contributed by atoms with Gasteiger partial charge in [-0.3, -0.25) is 0 Å². The number of nitrogens with zero attached hydrogens (tertiary/aromatic N) is 4. The molecule has 0 aliphatic heterocycles. The summed E-state index contributed by atoms with van der Waals surface area (Å²) in [6.45, 7) is 7.81. The molecule has 2 aromatic heterocycles. The Morgan fingerprint density at radius 2 is 1.81 bits per heavy atom. The first-order chi connectivity index (χ1) is 17.5. The Balaban J connectivity index is 1.48. The molecular formula is C30H34N4O2. The highest BCUT2D eigenvalue weighted by Gasteiger charge is 2.33. The molecule has 1 unspecified atom stereocenters. The number of methoxy groups -OCH3 is 1. The van der Waals surface area contributed by atoms with E-state index in [1.165, 1.54) is 25.5 Å². The second-order valence-electron chi connectivity index (χ2n) is 9.82. The number of aromatic nitrogens is 3. The zero-order valence-corrected chi connectivity index (χ0v) is 21.6. The van der Waals surface area contributed by atoms with Crippen LogP contribution in [0.15, 0.2) is 60.7 Å². The molecule has 6 nitrogen and oxygen atoms in total. The minimum absolute atomic E-state index is 0.236. The molecule has 1 aliphatic rings. The fourth-order valence-corrected chi connectivity index (χ4v) is 4.99. The molecular weight excluding hydrogens is 448 g/mol. The van der Waals surface area contributed by atoms with Crippen LogP contribution in [0, 0.1) is 19.8 Å². The molecule has 186 valence electrons. The maximum absolute atomic E-state index is 13.0. The molecule has 1 saturated carbocycles. The zero-order valence-electron chi connectivity index (χ0n) is 21.6. The monoisotopic (exact) mass is 482 g/mol. The first kappa shape index (κ1) is 24.0. The van der Waals surface area contributed by atoms with Gasteiger partial charge in [0.1, 0.15) is 11.3 Å². The van der Waals surface area contributed by atoms with Gasteiger partial charge in [0, 0.05) is 24.3 Å². The van der Waals surface area contributed by atoms with E-state index in [1.54, 1.807) is 0 Å². The van der Waals surface area contributed by atoms with Crippen molar-refractivity contribution >= 4 is 22.8 Å². The molecule has 0 bridgehead atoms. The fourth-order valence-electron chi connectivity index (χ4n) is 4.99. The highest BCUT2D eigenvalue weighted by Crippen LogP contribution is 2.36. The van der Waals surface area contributed by atoms with Gasteiger partial charge in [0.05, 0.1) is 13.7 Å². The van der Waals surface area contributed by atoms with Crippen molar-refractivity contribution in [2.45, 2.75) is 52.6 Å². The van der Waals surface area contributed by atoms with Crippen LogP contribution in [0.3, 0.4) is 0 Å². The molecule has 0 amide bonds. The summed E-state index contributed by atoms with van der Waals surface area (Å²) in [6, 6.07) is 20.1. The number of rotatable bonds is 9. The molecule has 5 rings (SSSR count). The normalized spacial score (nSPS) is 14.1. The van der Waals surface area contributed by atoms with E-state index in [9.17, 15) is 4.79 Å². The summed E-state index contributed by atoms with van der Waals surface area (Å²) in [5, 5.41) is 0. The molecule has 2 aromatic carbocycles. The topological polar surface area (TPSA) is 60.2 Å². The van der Waals surface area contributed by atoms with E-state index in [0.717, 1.165) is 52.5 Å². The molecule has 0 radical (unpaired) electrons. The average molecular weight is 483 g/mol. The highest BCUT2D eigenvalue weighted by molar-refractivity contribution is 5.82. The van der Waals surface area contributed by atoms with E-state index >= 15 is 0 Å². The summed E-state index contributed by atoms with van der Waals surface area (Å²) < 4.78 is 7.48. The molecule has 0 saturated heterocycles. The van der Waals surface area contributed by atoms with Gasteiger partial charge in [0.15, 0.2) is 11.7 Å². The Bertz CT molecular complexity index is 1360. The Morgan fingerprint density at radius 3 is 2.44 bits per heavy atom. The molecule has 36 heavy (non-hydrogen) atoms. The van der Waals surface area contributed by atoms with Gasteiger partial charge in [-0.05, 0) is 67.5 Å². The number of imidazole rings is 1. The molecule has 6 heteroatoms. The summed E-state index contributed by atoms with van der Waals surface area (Å²) in [6.07, 6.45) is 3.26. The van der Waals surface area contributed by atoms with Crippen molar-refractivity contribution in [1.29, 1.82) is 0 Å². The average Bonchev–Trinajstić information content (AvgIpc) is 3.65. The first-order valence-corrected chi connectivity index (χ1v) is 12.8. The molecule has 0 spiro atoms. The highest BCUT2D eigenvalue weighted by atomic mass is 16.5. The maximum atomic E-state index is 13.0. The number of ether oxygens (including phenoxy) is 1. The fraction of sp³-hybridized carbons (Fsp3) is 0.367. The lowest BCUT2D eigenvalue weighted by atomic mass is 10.0. The number of esters is 1. The third kappa shape index (κ3) is 4.85. The van der Waals surface area contributed by atoms with Gasteiger partial charge in [-0.25, -0.2) is 14.8 Å². The lowest BCUT2D eigenvalue weighted by molar-refractivity contribution is -0.142. The van der Waals surface area contributed by atoms with E-state index in [2.05, 4.69) is 53.6 Å². The molecule has 4 aromatic rings. The number of fused-ring (bicyclic) bond motifs is 1. The number of carbonyl (C=O) groups excluding carboxylic acids is 1. The van der Waals surface area contributed by atoms with Gasteiger partial charge < -0.3 is 14.2 Å². The van der Waals surface area contributed by atoms with Crippen LogP contribution in [-0.4, -0.2) is 34.2 Å². The Morgan fingerprint density at radius 1 is 1.08 bits per heavy atom. The molecule has 2 heterocycles. The van der Waals surface area contributed by atoms with Crippen LogP contribution in [0.25, 0.3) is 11.2 Å². The number of aryl methyl sites for hydroxylation is 3. The smallest absolute Gasteiger partial charge is 0.333 e. The number of hydrogen-bond acceptors (Lipinski definition) is 5. The van der Waals surface area contributed by atoms with Crippen molar-refractivity contribution < 1.29 is 9.53 Å². The predicted octanol–water partition coefficient (Wildman–Crippen LogP) is 5.79. The quantitative estimate of drug-likeness (QED) is 0.283. The number of carbonyl (C=O) groups is 1. The summed E-state index contributed by atoms with van der Waals surface area (Å²) in [7, 11) is 1.47. The van der Waals surface area contributed by atoms with Crippen LogP contribution in [-0.2, 0) is 22.5 Å². The Labute approximate surface area is 212 Å². The third-order valence-electron chi connectivity index (χ3n) is 7.03. The Hall–Kier alpha value is -3.67. The molecule has 0 N–H and O–H groups in total. The third-order valence-corrected chi connectivity index (χ3v) is 7.03. The van der Waals surface area contributed by atoms with Gasteiger partial charge >= 0.3 is 5.97 Å². The molecule has 1 atom stereocenters. The van der Waals surface area contributed by atoms with Crippen LogP contribution in [0.1, 0.15) is 54.0 Å². The maximum Gasteiger partial charge on any atom is 0.333 e. The van der Waals surface area contributed by atoms with Crippen molar-refractivity contribution in [3.63, 3.8) is 0 Å². The van der Waals surface area contributed by atoms with Crippen LogP contribution < -0.4 is 4.90 Å². The van der Waals surface area contributed by atoms with E-state index in [4.69, 9.17) is 14.7 Å². The lowest BCUT2D eigenvalue weighted by Gasteiger charge is -2.32. The predicted molar refractivity (Wildman–Crippen MR) is 143 cm³/mol. The summed E-state index contributed by atoms with van der Waals surface area (Å²) >= 11 is 0. The van der Waals surface area contributed by atoms with Crippen molar-refractivity contribution in [2.24, 2.45) is 5.92 Å². The van der Waals surface area contributed by atoms with Crippen LogP contribution >= 0.6 is 0 Å². The van der Waals surface area contributed by atoms with Gasteiger partial charge in [0.25, 0.3) is 0 Å². The second-order valence-corrected chi connectivity index (χ2v) is 9.82. The van der Waals surface area contributed by atoms with E-state index < -0.39 is 6.04 Å². The summed E-state index contributed by atoms with van der Waals surface area (Å²) in [5.41, 5.74) is 7.24. The van der Waals surface area contributed by atoms with Gasteiger partial charge in [-0.15, -0.1) is 0 Å². The van der Waals surface area contributed by atoms with E-state index in [-0.39, 0.29) is 5.97 Å². The summed E-state index contributed by atoms with van der Waals surface area (Å²) in [5.74, 6) is 1.42. The summed E-state index contributed by atoms with van der Waals surface area (Å²) in [4.78, 5) is 24.9. The minimum Gasteiger partial charge on any atom is -0.467 e. The van der Waals surface area contributed by atoms with Crippen molar-refractivity contribution in [3.8, 4) is 0 Å². The van der Waals surface area contributed by atoms with Crippen molar-refractivity contribution in [2.75, 3.05) is 18.6 Å². The Kier molecular flexibility index (Phi) is 6.77. The van der Waals surface area contributed by atoms with Crippen LogP contribution in [0.2, 0.25) is 0 Å². The van der Waals surface area contributed by atoms with Gasteiger partial charge in [-0.1, -0.05) is 49.4 Å². The van der Waals surface area contributed by atoms with E-state index in [1.807, 2.05) is 37.3 Å². The minimum atomic E-state index is -0.470. The second kappa shape index (κ2) is 10.1.